The lowest BCUT2D eigenvalue weighted by Crippen LogP contribution is -2.13. The van der Waals surface area contributed by atoms with Gasteiger partial charge in [-0.2, -0.15) is 0 Å². The lowest BCUT2D eigenvalue weighted by Gasteiger charge is -2.25. The maximum absolute atomic E-state index is 12.4. The molecule has 1 unspecified atom stereocenters. The summed E-state index contributed by atoms with van der Waals surface area (Å²) in [4.78, 5) is 12.3. The van der Waals surface area contributed by atoms with Gasteiger partial charge in [0, 0.05) is 10.6 Å². The van der Waals surface area contributed by atoms with E-state index < -0.39 is 16.8 Å². The van der Waals surface area contributed by atoms with Gasteiger partial charge in [-0.15, -0.1) is 0 Å². The van der Waals surface area contributed by atoms with E-state index in [4.69, 9.17) is 10.5 Å². The fourth-order valence-corrected chi connectivity index (χ4v) is 3.18. The van der Waals surface area contributed by atoms with Gasteiger partial charge in [0.1, 0.15) is 0 Å². The predicted molar refractivity (Wildman–Crippen MR) is 91.0 cm³/mol. The molecule has 0 spiro atoms. The van der Waals surface area contributed by atoms with E-state index in [2.05, 4.69) is 0 Å². The lowest BCUT2D eigenvalue weighted by atomic mass is 10.1. The molecule has 8 heteroatoms. The van der Waals surface area contributed by atoms with Gasteiger partial charge >= 0.3 is 5.97 Å². The van der Waals surface area contributed by atoms with E-state index in [1.165, 1.54) is 18.2 Å². The van der Waals surface area contributed by atoms with Crippen LogP contribution in [0.25, 0.3) is 0 Å². The molecule has 0 aliphatic rings. The maximum atomic E-state index is 12.4. The van der Waals surface area contributed by atoms with Gasteiger partial charge in [0.05, 0.1) is 34.4 Å². The summed E-state index contributed by atoms with van der Waals surface area (Å²) in [5.41, 5.74) is 6.46. The van der Waals surface area contributed by atoms with Crippen molar-refractivity contribution in [1.82, 2.24) is 0 Å². The van der Waals surface area contributed by atoms with Crippen LogP contribution in [0.3, 0.4) is 0 Å². The Hall–Kier alpha value is -2.42. The van der Waals surface area contributed by atoms with Crippen LogP contribution in [0.5, 0.6) is 0 Å². The lowest BCUT2D eigenvalue weighted by molar-refractivity contribution is 0.0526. The Balaban J connectivity index is 2.27. The van der Waals surface area contributed by atoms with Crippen LogP contribution in [-0.2, 0) is 21.3 Å². The molecule has 0 amide bonds. The fourth-order valence-electron chi connectivity index (χ4n) is 2.05. The number of ether oxygens (including phenoxy) is 1. The second-order valence-corrected chi connectivity index (χ2v) is 6.35. The molecule has 0 aliphatic carbocycles. The average molecular weight is 349 g/mol. The fraction of sp³-hybridized carbons (Fsp3) is 0.188. The zero-order chi connectivity index (χ0) is 17.7. The minimum atomic E-state index is -1.44. The molecule has 0 saturated heterocycles. The number of carbonyl (C=O) groups is 1. The van der Waals surface area contributed by atoms with Crippen LogP contribution < -0.4 is 11.0 Å². The van der Waals surface area contributed by atoms with Crippen LogP contribution in [0.1, 0.15) is 22.8 Å². The van der Waals surface area contributed by atoms with Crippen LogP contribution in [0.2, 0.25) is 0 Å². The molecule has 0 heterocycles. The molecule has 2 rings (SSSR count). The molecule has 2 aromatic carbocycles. The van der Waals surface area contributed by atoms with Gasteiger partial charge in [0.2, 0.25) is 0 Å². The van der Waals surface area contributed by atoms with E-state index in [0.717, 1.165) is 0 Å². The molecule has 1 atom stereocenters. The second-order valence-electron chi connectivity index (χ2n) is 4.90. The Morgan fingerprint density at radius 3 is 2.54 bits per heavy atom. The number of hydrogen-bond donors (Lipinski definition) is 2. The highest BCUT2D eigenvalue weighted by atomic mass is 32.2. The SMILES string of the molecule is CCOC(=O)c1ccc(CS(=O)c2ccc(N)cc2)c(N([O-])O)c1. The predicted octanol–water partition coefficient (Wildman–Crippen LogP) is 2.45. The number of nitrogens with two attached hydrogens (primary N) is 1. The highest BCUT2D eigenvalue weighted by Crippen LogP contribution is 2.25. The van der Waals surface area contributed by atoms with Gasteiger partial charge in [-0.3, -0.25) is 9.42 Å². The normalized spacial score (nSPS) is 11.8. The first-order valence-corrected chi connectivity index (χ1v) is 8.44. The molecule has 2 aromatic rings. The average Bonchev–Trinajstić information content (AvgIpc) is 2.55. The summed E-state index contributed by atoms with van der Waals surface area (Å²) >= 11 is 0. The molecule has 24 heavy (non-hydrogen) atoms. The van der Waals surface area contributed by atoms with Gasteiger partial charge < -0.3 is 20.9 Å². The molecule has 128 valence electrons. The molecule has 0 bridgehead atoms. The molecule has 0 fully saturated rings. The van der Waals surface area contributed by atoms with Crippen LogP contribution in [0.4, 0.5) is 11.4 Å². The summed E-state index contributed by atoms with van der Waals surface area (Å²) in [6, 6.07) is 10.7. The Labute approximate surface area is 141 Å². The number of esters is 1. The number of benzene rings is 2. The Morgan fingerprint density at radius 1 is 1.29 bits per heavy atom. The van der Waals surface area contributed by atoms with Crippen molar-refractivity contribution >= 4 is 28.1 Å². The minimum absolute atomic E-state index is 0.00164. The van der Waals surface area contributed by atoms with Crippen molar-refractivity contribution < 1.29 is 18.9 Å². The third-order valence-corrected chi connectivity index (χ3v) is 4.60. The first-order valence-electron chi connectivity index (χ1n) is 7.12. The first kappa shape index (κ1) is 17.9. The summed E-state index contributed by atoms with van der Waals surface area (Å²) < 4.78 is 17.2. The van der Waals surface area contributed by atoms with E-state index in [1.807, 2.05) is 0 Å². The van der Waals surface area contributed by atoms with E-state index in [9.17, 15) is 19.4 Å². The van der Waals surface area contributed by atoms with Crippen molar-refractivity contribution in [2.45, 2.75) is 17.6 Å². The quantitative estimate of drug-likeness (QED) is 0.467. The molecular weight excluding hydrogens is 332 g/mol. The minimum Gasteiger partial charge on any atom is -0.733 e. The molecule has 7 nitrogen and oxygen atoms in total. The highest BCUT2D eigenvalue weighted by molar-refractivity contribution is 7.84. The van der Waals surface area contributed by atoms with Crippen molar-refractivity contribution in [3.05, 3.63) is 58.8 Å². The number of nitrogens with zero attached hydrogens (tertiary/aromatic N) is 1. The summed E-state index contributed by atoms with van der Waals surface area (Å²) in [7, 11) is -1.44. The van der Waals surface area contributed by atoms with Crippen molar-refractivity contribution in [2.75, 3.05) is 17.6 Å². The third-order valence-electron chi connectivity index (χ3n) is 3.23. The number of carbonyl (C=O) groups excluding carboxylic acids is 1. The summed E-state index contributed by atoms with van der Waals surface area (Å²) in [6.07, 6.45) is 0. The van der Waals surface area contributed by atoms with E-state index in [0.29, 0.717) is 16.1 Å². The molecular formula is C16H17N2O5S-. The molecule has 0 saturated carbocycles. The monoisotopic (exact) mass is 349 g/mol. The molecule has 0 aliphatic heterocycles. The number of nitrogen functional groups attached to an aromatic ring is 1. The van der Waals surface area contributed by atoms with Crippen LogP contribution in [-0.4, -0.2) is 22.0 Å². The zero-order valence-corrected chi connectivity index (χ0v) is 13.8. The van der Waals surface area contributed by atoms with E-state index in [-0.39, 0.29) is 28.8 Å². The zero-order valence-electron chi connectivity index (χ0n) is 13.0. The number of rotatable bonds is 6. The largest absolute Gasteiger partial charge is 0.733 e. The van der Waals surface area contributed by atoms with Crippen molar-refractivity contribution in [1.29, 1.82) is 0 Å². The van der Waals surface area contributed by atoms with Crippen LogP contribution >= 0.6 is 0 Å². The standard InChI is InChI=1S/C16H17N2O5S/c1-2-23-16(19)11-3-4-12(15(9-11)18(20)21)10-24(22)14-7-5-13(17)6-8-14/h3-9,20H,2,10,17H2,1H3/q-1. The van der Waals surface area contributed by atoms with Gasteiger partial charge in [0.25, 0.3) is 0 Å². The van der Waals surface area contributed by atoms with E-state index >= 15 is 0 Å². The van der Waals surface area contributed by atoms with Crippen LogP contribution in [0, 0.1) is 5.21 Å². The van der Waals surface area contributed by atoms with Gasteiger partial charge in [-0.25, -0.2) is 4.79 Å². The molecule has 0 radical (unpaired) electrons. The van der Waals surface area contributed by atoms with Gasteiger partial charge in [-0.1, -0.05) is 6.07 Å². The Kier molecular flexibility index (Phi) is 5.91. The summed E-state index contributed by atoms with van der Waals surface area (Å²) in [5.74, 6) is -0.603. The van der Waals surface area contributed by atoms with Crippen molar-refractivity contribution in [2.24, 2.45) is 0 Å². The number of anilines is 2. The maximum Gasteiger partial charge on any atom is 0.338 e. The van der Waals surface area contributed by atoms with E-state index in [1.54, 1.807) is 31.2 Å². The topological polar surface area (TPSA) is 116 Å². The molecule has 3 N–H and O–H groups in total. The molecule has 0 aromatic heterocycles. The van der Waals surface area contributed by atoms with Crippen LogP contribution in [0.15, 0.2) is 47.4 Å². The Morgan fingerprint density at radius 2 is 1.96 bits per heavy atom. The van der Waals surface area contributed by atoms with Gasteiger partial charge in [0.15, 0.2) is 0 Å². The second kappa shape index (κ2) is 7.91. The summed E-state index contributed by atoms with van der Waals surface area (Å²) in [5, 5.41) is 20.3. The van der Waals surface area contributed by atoms with Crippen molar-refractivity contribution in [3.8, 4) is 0 Å². The first-order chi connectivity index (χ1) is 11.4. The summed E-state index contributed by atoms with van der Waals surface area (Å²) in [6.45, 7) is 1.85. The highest BCUT2D eigenvalue weighted by Gasteiger charge is 2.14. The third kappa shape index (κ3) is 4.31. The number of hydrogen-bond acceptors (Lipinski definition) is 7. The van der Waals surface area contributed by atoms with Gasteiger partial charge in [-0.05, 0) is 48.9 Å². The van der Waals surface area contributed by atoms with Crippen molar-refractivity contribution in [3.63, 3.8) is 0 Å². The smallest absolute Gasteiger partial charge is 0.338 e. The Bertz CT molecular complexity index is 747.